The molecule has 0 heterocycles. The van der Waals surface area contributed by atoms with Gasteiger partial charge in [-0.3, -0.25) is 14.9 Å². The van der Waals surface area contributed by atoms with Crippen molar-refractivity contribution < 1.29 is 14.1 Å². The van der Waals surface area contributed by atoms with Crippen LogP contribution in [0.15, 0.2) is 18.2 Å². The van der Waals surface area contributed by atoms with Crippen LogP contribution in [-0.4, -0.2) is 16.9 Å². The second kappa shape index (κ2) is 5.35. The number of nitrogens with one attached hydrogen (secondary N) is 1. The third-order valence-electron chi connectivity index (χ3n) is 2.19. The summed E-state index contributed by atoms with van der Waals surface area (Å²) in [5, 5.41) is 12.9. The fraction of sp³-hybridized carbons (Fsp3) is 0.300. The van der Waals surface area contributed by atoms with Crippen molar-refractivity contribution in [1.82, 2.24) is 0 Å². The number of hydrogen-bond donors (Lipinski definition) is 2. The van der Waals surface area contributed by atoms with Crippen LogP contribution in [0, 0.1) is 15.9 Å². The topological polar surface area (TPSA) is 98.3 Å². The third kappa shape index (κ3) is 3.22. The number of hydrogen-bond acceptors (Lipinski definition) is 4. The van der Waals surface area contributed by atoms with E-state index in [1.54, 1.807) is 6.92 Å². The number of nitro benzene ring substituents is 1. The van der Waals surface area contributed by atoms with Crippen LogP contribution in [-0.2, 0) is 4.79 Å². The van der Waals surface area contributed by atoms with Gasteiger partial charge in [0.05, 0.1) is 11.0 Å². The van der Waals surface area contributed by atoms with Gasteiger partial charge < -0.3 is 11.1 Å². The molecule has 0 aromatic heterocycles. The average molecular weight is 241 g/mol. The molecule has 6 nitrogen and oxygen atoms in total. The first-order valence-electron chi connectivity index (χ1n) is 4.96. The normalized spacial score (nSPS) is 11.9. The van der Waals surface area contributed by atoms with Crippen molar-refractivity contribution in [3.05, 3.63) is 34.1 Å². The molecule has 17 heavy (non-hydrogen) atoms. The summed E-state index contributed by atoms with van der Waals surface area (Å²) in [5.74, 6) is -1.25. The predicted molar refractivity (Wildman–Crippen MR) is 60.0 cm³/mol. The molecule has 1 atom stereocenters. The summed E-state index contributed by atoms with van der Waals surface area (Å²) in [4.78, 5) is 21.4. The maximum atomic E-state index is 12.9. The Hall–Kier alpha value is -2.02. The Morgan fingerprint density at radius 1 is 1.65 bits per heavy atom. The number of nitrogens with zero attached hydrogens (tertiary/aromatic N) is 1. The molecule has 1 aromatic carbocycles. The number of benzene rings is 1. The number of carbonyl (C=O) groups excluding carboxylic acids is 1. The van der Waals surface area contributed by atoms with Gasteiger partial charge in [-0.25, -0.2) is 4.39 Å². The number of amides is 1. The van der Waals surface area contributed by atoms with Crippen LogP contribution in [0.4, 0.5) is 15.8 Å². The minimum Gasteiger partial charge on any atom is -0.320 e. The van der Waals surface area contributed by atoms with E-state index >= 15 is 0 Å². The highest BCUT2D eigenvalue weighted by Gasteiger charge is 2.19. The number of nitro groups is 1. The molecule has 0 aliphatic carbocycles. The number of anilines is 1. The summed E-state index contributed by atoms with van der Waals surface area (Å²) >= 11 is 0. The number of nitrogens with two attached hydrogens (primary N) is 1. The van der Waals surface area contributed by atoms with Crippen LogP contribution in [0.25, 0.3) is 0 Å². The summed E-state index contributed by atoms with van der Waals surface area (Å²) in [6, 6.07) is 2.05. The second-order valence-corrected chi connectivity index (χ2v) is 3.42. The molecule has 0 radical (unpaired) electrons. The molecule has 0 saturated heterocycles. The van der Waals surface area contributed by atoms with Crippen LogP contribution in [0.3, 0.4) is 0 Å². The fourth-order valence-corrected chi connectivity index (χ4v) is 1.18. The minimum atomic E-state index is -0.780. The van der Waals surface area contributed by atoms with Crippen molar-refractivity contribution in [2.24, 2.45) is 5.73 Å². The number of rotatable bonds is 4. The van der Waals surface area contributed by atoms with Crippen molar-refractivity contribution in [1.29, 1.82) is 0 Å². The van der Waals surface area contributed by atoms with Gasteiger partial charge in [0.1, 0.15) is 11.5 Å². The van der Waals surface area contributed by atoms with E-state index in [0.29, 0.717) is 6.42 Å². The molecule has 0 aliphatic rings. The van der Waals surface area contributed by atoms with Crippen molar-refractivity contribution in [2.75, 3.05) is 5.32 Å². The van der Waals surface area contributed by atoms with Gasteiger partial charge in [-0.05, 0) is 12.5 Å². The number of halogens is 1. The lowest BCUT2D eigenvalue weighted by molar-refractivity contribution is -0.384. The zero-order chi connectivity index (χ0) is 13.0. The first-order chi connectivity index (χ1) is 7.95. The van der Waals surface area contributed by atoms with Crippen LogP contribution in [0.1, 0.15) is 13.3 Å². The molecule has 1 aromatic rings. The molecular formula is C10H12FN3O3. The summed E-state index contributed by atoms with van der Waals surface area (Å²) < 4.78 is 12.9. The molecule has 1 amide bonds. The Bertz CT molecular complexity index is 450. The first-order valence-corrected chi connectivity index (χ1v) is 4.96. The van der Waals surface area contributed by atoms with Gasteiger partial charge >= 0.3 is 0 Å². The molecule has 3 N–H and O–H groups in total. The molecular weight excluding hydrogens is 229 g/mol. The maximum Gasteiger partial charge on any atom is 0.292 e. The zero-order valence-corrected chi connectivity index (χ0v) is 9.14. The lowest BCUT2D eigenvalue weighted by Gasteiger charge is -2.10. The molecule has 0 saturated carbocycles. The summed E-state index contributed by atoms with van der Waals surface area (Å²) in [6.07, 6.45) is 0.384. The van der Waals surface area contributed by atoms with E-state index in [-0.39, 0.29) is 11.4 Å². The van der Waals surface area contributed by atoms with E-state index < -0.39 is 22.7 Å². The van der Waals surface area contributed by atoms with Crippen LogP contribution in [0.5, 0.6) is 0 Å². The molecule has 92 valence electrons. The molecule has 1 rings (SSSR count). The molecule has 0 unspecified atom stereocenters. The Morgan fingerprint density at radius 3 is 2.82 bits per heavy atom. The monoisotopic (exact) mass is 241 g/mol. The highest BCUT2D eigenvalue weighted by molar-refractivity contribution is 5.96. The predicted octanol–water partition coefficient (Wildman–Crippen LogP) is 1.41. The lowest BCUT2D eigenvalue weighted by Crippen LogP contribution is -2.35. The van der Waals surface area contributed by atoms with E-state index in [1.807, 2.05) is 0 Å². The van der Waals surface area contributed by atoms with E-state index in [2.05, 4.69) is 5.32 Å². The highest BCUT2D eigenvalue weighted by Crippen LogP contribution is 2.24. The minimum absolute atomic E-state index is 0.191. The van der Waals surface area contributed by atoms with Gasteiger partial charge in [-0.2, -0.15) is 0 Å². The number of carbonyl (C=O) groups is 1. The van der Waals surface area contributed by atoms with E-state index in [4.69, 9.17) is 5.73 Å². The summed E-state index contributed by atoms with van der Waals surface area (Å²) in [6.45, 7) is 1.70. The van der Waals surface area contributed by atoms with Crippen LogP contribution in [0.2, 0.25) is 0 Å². The van der Waals surface area contributed by atoms with Crippen molar-refractivity contribution in [3.63, 3.8) is 0 Å². The summed E-state index contributed by atoms with van der Waals surface area (Å²) in [5.41, 5.74) is 4.89. The Balaban J connectivity index is 3.00. The maximum absolute atomic E-state index is 12.9. The van der Waals surface area contributed by atoms with E-state index in [1.165, 1.54) is 0 Å². The second-order valence-electron chi connectivity index (χ2n) is 3.42. The molecule has 0 aliphatic heterocycles. The molecule has 0 spiro atoms. The standard InChI is InChI=1S/C10H12FN3O3/c1-2-7(12)10(15)13-8-5-6(11)3-4-9(8)14(16)17/h3-5,7H,2,12H2,1H3,(H,13,15)/t7-/m0/s1. The van der Waals surface area contributed by atoms with Gasteiger partial charge in [0, 0.05) is 12.1 Å². The molecule has 0 bridgehead atoms. The van der Waals surface area contributed by atoms with Gasteiger partial charge in [0.2, 0.25) is 5.91 Å². The van der Waals surface area contributed by atoms with Crippen LogP contribution < -0.4 is 11.1 Å². The third-order valence-corrected chi connectivity index (χ3v) is 2.19. The molecule has 0 fully saturated rings. The van der Waals surface area contributed by atoms with Crippen LogP contribution >= 0.6 is 0 Å². The summed E-state index contributed by atoms with van der Waals surface area (Å²) in [7, 11) is 0. The van der Waals surface area contributed by atoms with Crippen molar-refractivity contribution in [2.45, 2.75) is 19.4 Å². The average Bonchev–Trinajstić information content (AvgIpc) is 2.27. The van der Waals surface area contributed by atoms with E-state index in [9.17, 15) is 19.3 Å². The Kier molecular flexibility index (Phi) is 4.11. The Labute approximate surface area is 96.8 Å². The smallest absolute Gasteiger partial charge is 0.292 e. The Morgan fingerprint density at radius 2 is 2.29 bits per heavy atom. The lowest BCUT2D eigenvalue weighted by atomic mass is 10.2. The van der Waals surface area contributed by atoms with Gasteiger partial charge in [0.15, 0.2) is 0 Å². The quantitative estimate of drug-likeness (QED) is 0.615. The fourth-order valence-electron chi connectivity index (χ4n) is 1.18. The van der Waals surface area contributed by atoms with Gasteiger partial charge in [-0.15, -0.1) is 0 Å². The van der Waals surface area contributed by atoms with E-state index in [0.717, 1.165) is 18.2 Å². The van der Waals surface area contributed by atoms with Gasteiger partial charge in [0.25, 0.3) is 5.69 Å². The van der Waals surface area contributed by atoms with Crippen molar-refractivity contribution in [3.8, 4) is 0 Å². The van der Waals surface area contributed by atoms with Crippen molar-refractivity contribution >= 4 is 17.3 Å². The SMILES string of the molecule is CC[C@H](N)C(=O)Nc1cc(F)ccc1[N+](=O)[O-]. The largest absolute Gasteiger partial charge is 0.320 e. The molecule has 7 heteroatoms. The first kappa shape index (κ1) is 13.0. The van der Waals surface area contributed by atoms with Gasteiger partial charge in [-0.1, -0.05) is 6.92 Å². The zero-order valence-electron chi connectivity index (χ0n) is 9.14. The highest BCUT2D eigenvalue weighted by atomic mass is 19.1.